The van der Waals surface area contributed by atoms with Crippen LogP contribution in [-0.2, 0) is 9.53 Å². The SMILES string of the molecule is COC(=O)[C@]1(CO)CCC[C@@]2(C)[C@@H]3CC[C@@H]4C[C@@]3(CC[C@H]12)C[C@@]4(O)CO. The second-order valence-electron chi connectivity index (χ2n) is 10.1. The van der Waals surface area contributed by atoms with Crippen LogP contribution < -0.4 is 0 Å². The summed E-state index contributed by atoms with van der Waals surface area (Å²) < 4.78 is 5.15. The van der Waals surface area contributed by atoms with Crippen LogP contribution in [0.5, 0.6) is 0 Å². The summed E-state index contributed by atoms with van der Waals surface area (Å²) in [7, 11) is 1.43. The first-order valence-electron chi connectivity index (χ1n) is 10.3. The summed E-state index contributed by atoms with van der Waals surface area (Å²) in [6.07, 6.45) is 8.30. The Hall–Kier alpha value is -0.650. The second-order valence-corrected chi connectivity index (χ2v) is 10.1. The third-order valence-electron chi connectivity index (χ3n) is 9.29. The van der Waals surface area contributed by atoms with Crippen molar-refractivity contribution in [3.8, 4) is 0 Å². The summed E-state index contributed by atoms with van der Waals surface area (Å²) in [5.74, 6) is 0.534. The highest BCUT2D eigenvalue weighted by atomic mass is 16.5. The van der Waals surface area contributed by atoms with Crippen LogP contribution in [0.15, 0.2) is 0 Å². The number of fused-ring (bicyclic) bond motifs is 3. The average Bonchev–Trinajstić information content (AvgIpc) is 2.85. The number of aliphatic hydroxyl groups excluding tert-OH is 2. The Morgan fingerprint density at radius 1 is 1.08 bits per heavy atom. The predicted octanol–water partition coefficient (Wildman–Crippen LogP) is 2.27. The van der Waals surface area contributed by atoms with Gasteiger partial charge in [0.15, 0.2) is 0 Å². The number of hydrogen-bond donors (Lipinski definition) is 3. The molecule has 5 heteroatoms. The van der Waals surface area contributed by atoms with Gasteiger partial charge in [0.1, 0.15) is 0 Å². The molecule has 148 valence electrons. The van der Waals surface area contributed by atoms with Gasteiger partial charge in [0.2, 0.25) is 0 Å². The van der Waals surface area contributed by atoms with E-state index in [9.17, 15) is 20.1 Å². The summed E-state index contributed by atoms with van der Waals surface area (Å²) >= 11 is 0. The van der Waals surface area contributed by atoms with Crippen molar-refractivity contribution in [2.24, 2.45) is 34.0 Å². The summed E-state index contributed by atoms with van der Waals surface area (Å²) in [5.41, 5.74) is -1.63. The molecule has 4 rings (SSSR count). The Kier molecular flexibility index (Phi) is 4.26. The number of esters is 1. The van der Waals surface area contributed by atoms with Crippen molar-refractivity contribution in [2.45, 2.75) is 70.3 Å². The van der Waals surface area contributed by atoms with Crippen LogP contribution in [0.4, 0.5) is 0 Å². The molecule has 4 fully saturated rings. The molecule has 4 aliphatic carbocycles. The first kappa shape index (κ1) is 18.7. The topological polar surface area (TPSA) is 87.0 Å². The maximum absolute atomic E-state index is 12.7. The van der Waals surface area contributed by atoms with E-state index in [0.29, 0.717) is 18.8 Å². The molecule has 26 heavy (non-hydrogen) atoms. The van der Waals surface area contributed by atoms with Gasteiger partial charge in [0, 0.05) is 0 Å². The van der Waals surface area contributed by atoms with Crippen molar-refractivity contribution in [3.05, 3.63) is 0 Å². The summed E-state index contributed by atoms with van der Waals surface area (Å²) in [4.78, 5) is 12.7. The fraction of sp³-hybridized carbons (Fsp3) is 0.952. The number of carbonyl (C=O) groups is 1. The number of carbonyl (C=O) groups excluding carboxylic acids is 1. The summed E-state index contributed by atoms with van der Waals surface area (Å²) in [6, 6.07) is 0. The van der Waals surface area contributed by atoms with Gasteiger partial charge in [-0.2, -0.15) is 0 Å². The van der Waals surface area contributed by atoms with Crippen LogP contribution in [0.3, 0.4) is 0 Å². The minimum Gasteiger partial charge on any atom is -0.469 e. The highest BCUT2D eigenvalue weighted by Crippen LogP contribution is 2.72. The molecule has 0 unspecified atom stereocenters. The van der Waals surface area contributed by atoms with E-state index in [1.807, 2.05) is 0 Å². The average molecular weight is 366 g/mol. The Balaban J connectivity index is 1.73. The zero-order valence-corrected chi connectivity index (χ0v) is 16.2. The van der Waals surface area contributed by atoms with E-state index in [-0.39, 0.29) is 41.8 Å². The van der Waals surface area contributed by atoms with E-state index >= 15 is 0 Å². The van der Waals surface area contributed by atoms with E-state index in [0.717, 1.165) is 44.9 Å². The van der Waals surface area contributed by atoms with Gasteiger partial charge in [-0.05, 0) is 80.0 Å². The van der Waals surface area contributed by atoms with Crippen LogP contribution in [0.2, 0.25) is 0 Å². The lowest BCUT2D eigenvalue weighted by molar-refractivity contribution is -0.194. The van der Waals surface area contributed by atoms with Crippen LogP contribution in [0.25, 0.3) is 0 Å². The normalized spacial score (nSPS) is 52.9. The fourth-order valence-electron chi connectivity index (χ4n) is 8.32. The maximum atomic E-state index is 12.7. The Morgan fingerprint density at radius 3 is 2.50 bits per heavy atom. The molecule has 1 spiro atoms. The highest BCUT2D eigenvalue weighted by molar-refractivity contribution is 5.77. The van der Waals surface area contributed by atoms with Crippen molar-refractivity contribution in [1.82, 2.24) is 0 Å². The minimum atomic E-state index is -0.928. The third kappa shape index (κ3) is 2.17. The largest absolute Gasteiger partial charge is 0.469 e. The molecule has 0 radical (unpaired) electrons. The third-order valence-corrected chi connectivity index (χ3v) is 9.29. The van der Waals surface area contributed by atoms with Gasteiger partial charge in [-0.25, -0.2) is 0 Å². The lowest BCUT2D eigenvalue weighted by Crippen LogP contribution is -2.60. The molecule has 0 aromatic carbocycles. The molecular weight excluding hydrogens is 332 g/mol. The van der Waals surface area contributed by atoms with Crippen LogP contribution in [0, 0.1) is 34.0 Å². The molecular formula is C21H34O5. The molecule has 3 N–H and O–H groups in total. The number of aliphatic hydroxyl groups is 3. The van der Waals surface area contributed by atoms with E-state index in [1.54, 1.807) is 0 Å². The van der Waals surface area contributed by atoms with Gasteiger partial charge in [-0.1, -0.05) is 13.3 Å². The standard InChI is InChI=1S/C21H34O5/c1-18-7-3-8-20(12-22,17(24)26-2)16(18)6-9-19-10-14(4-5-15(18)19)21(25,11-19)13-23/h14-16,22-23,25H,3-13H2,1-2H3/t14-,15+,16+,18+,19+,20+,21-/m1/s1. The van der Waals surface area contributed by atoms with Gasteiger partial charge >= 0.3 is 5.97 Å². The van der Waals surface area contributed by atoms with Gasteiger partial charge in [0.25, 0.3) is 0 Å². The number of ether oxygens (including phenoxy) is 1. The first-order valence-corrected chi connectivity index (χ1v) is 10.3. The van der Waals surface area contributed by atoms with Crippen molar-refractivity contribution in [3.63, 3.8) is 0 Å². The zero-order valence-electron chi connectivity index (χ0n) is 16.2. The Morgan fingerprint density at radius 2 is 1.85 bits per heavy atom. The maximum Gasteiger partial charge on any atom is 0.314 e. The predicted molar refractivity (Wildman–Crippen MR) is 96.1 cm³/mol. The van der Waals surface area contributed by atoms with Crippen LogP contribution >= 0.6 is 0 Å². The van der Waals surface area contributed by atoms with Crippen molar-refractivity contribution >= 4 is 5.97 Å². The molecule has 2 bridgehead atoms. The summed E-state index contributed by atoms with van der Waals surface area (Å²) in [6.45, 7) is 2.05. The number of rotatable bonds is 3. The van der Waals surface area contributed by atoms with Crippen LogP contribution in [-0.4, -0.2) is 47.2 Å². The minimum absolute atomic E-state index is 0.0148. The van der Waals surface area contributed by atoms with E-state index in [4.69, 9.17) is 4.74 Å². The molecule has 7 atom stereocenters. The van der Waals surface area contributed by atoms with Crippen molar-refractivity contribution in [1.29, 1.82) is 0 Å². The number of hydrogen-bond acceptors (Lipinski definition) is 5. The molecule has 5 nitrogen and oxygen atoms in total. The fourth-order valence-corrected chi connectivity index (χ4v) is 8.32. The van der Waals surface area contributed by atoms with E-state index in [2.05, 4.69) is 6.92 Å². The van der Waals surface area contributed by atoms with E-state index < -0.39 is 11.0 Å². The lowest BCUT2D eigenvalue weighted by atomic mass is 9.40. The molecule has 4 aliphatic rings. The highest BCUT2D eigenvalue weighted by Gasteiger charge is 2.69. The van der Waals surface area contributed by atoms with Gasteiger partial charge in [-0.15, -0.1) is 0 Å². The van der Waals surface area contributed by atoms with E-state index in [1.165, 1.54) is 7.11 Å². The van der Waals surface area contributed by atoms with Crippen LogP contribution in [0.1, 0.15) is 64.7 Å². The molecule has 0 aliphatic heterocycles. The Labute approximate surface area is 156 Å². The second kappa shape index (κ2) is 5.92. The molecule has 0 aromatic heterocycles. The number of methoxy groups -OCH3 is 1. The summed E-state index contributed by atoms with van der Waals surface area (Å²) in [5, 5.41) is 31.1. The quantitative estimate of drug-likeness (QED) is 0.667. The molecule has 0 aromatic rings. The molecule has 0 amide bonds. The van der Waals surface area contributed by atoms with Gasteiger partial charge in [0.05, 0.1) is 31.3 Å². The molecule has 0 saturated heterocycles. The first-order chi connectivity index (χ1) is 12.3. The van der Waals surface area contributed by atoms with Crippen molar-refractivity contribution < 1.29 is 24.9 Å². The molecule has 4 saturated carbocycles. The zero-order chi connectivity index (χ0) is 18.8. The van der Waals surface area contributed by atoms with Gasteiger partial charge < -0.3 is 20.1 Å². The monoisotopic (exact) mass is 366 g/mol. The molecule has 0 heterocycles. The Bertz CT molecular complexity index is 593. The van der Waals surface area contributed by atoms with Crippen molar-refractivity contribution in [2.75, 3.05) is 20.3 Å². The smallest absolute Gasteiger partial charge is 0.314 e. The lowest BCUT2D eigenvalue weighted by Gasteiger charge is -2.63. The van der Waals surface area contributed by atoms with Gasteiger partial charge in [-0.3, -0.25) is 4.79 Å².